The van der Waals surface area contributed by atoms with E-state index >= 15 is 0 Å². The molecule has 1 aromatic heterocycles. The van der Waals surface area contributed by atoms with Gasteiger partial charge in [0, 0.05) is 18.1 Å². The fourth-order valence-electron chi connectivity index (χ4n) is 2.64. The molecule has 1 saturated heterocycles. The van der Waals surface area contributed by atoms with Crippen molar-refractivity contribution in [3.05, 3.63) is 36.0 Å². The topological polar surface area (TPSA) is 79.0 Å². The Morgan fingerprint density at radius 3 is 2.95 bits per heavy atom. The fraction of sp³-hybridized carbons (Fsp3) is 0.357. The van der Waals surface area contributed by atoms with E-state index in [9.17, 15) is 13.2 Å². The number of carbonyl (C=O) groups excluding carboxylic acids is 1. The number of hydrogen-bond donors (Lipinski definition) is 2. The van der Waals surface area contributed by atoms with Gasteiger partial charge in [-0.1, -0.05) is 12.1 Å². The van der Waals surface area contributed by atoms with Gasteiger partial charge in [-0.05, 0) is 24.5 Å². The van der Waals surface area contributed by atoms with Crippen LogP contribution in [-0.4, -0.2) is 37.4 Å². The predicted octanol–water partition coefficient (Wildman–Crippen LogP) is 1.33. The van der Waals surface area contributed by atoms with Gasteiger partial charge in [-0.25, -0.2) is 8.42 Å². The van der Waals surface area contributed by atoms with Crippen LogP contribution in [0.2, 0.25) is 0 Å². The van der Waals surface area contributed by atoms with Gasteiger partial charge in [-0.3, -0.25) is 4.79 Å². The minimum atomic E-state index is -2.89. The largest absolute Gasteiger partial charge is 0.361 e. The first-order valence-electron chi connectivity index (χ1n) is 6.60. The maximum atomic E-state index is 12.2. The third kappa shape index (κ3) is 2.56. The molecule has 2 N–H and O–H groups in total. The first-order chi connectivity index (χ1) is 9.55. The van der Waals surface area contributed by atoms with E-state index < -0.39 is 9.84 Å². The Bertz CT molecular complexity index is 749. The molecule has 20 heavy (non-hydrogen) atoms. The highest BCUT2D eigenvalue weighted by Gasteiger charge is 2.28. The monoisotopic (exact) mass is 292 g/mol. The molecule has 0 bridgehead atoms. The summed E-state index contributed by atoms with van der Waals surface area (Å²) in [6.07, 6.45) is 2.43. The SMILES string of the molecule is O=C(NCC1CCS(=O)(=O)C1)c1cccc2cc[nH]c12. The molecule has 2 aromatic rings. The third-order valence-electron chi connectivity index (χ3n) is 3.71. The van der Waals surface area contributed by atoms with Crippen LogP contribution >= 0.6 is 0 Å². The van der Waals surface area contributed by atoms with E-state index in [1.165, 1.54) is 0 Å². The number of aromatic amines is 1. The van der Waals surface area contributed by atoms with E-state index in [-0.39, 0.29) is 23.3 Å². The highest BCUT2D eigenvalue weighted by Crippen LogP contribution is 2.19. The van der Waals surface area contributed by atoms with Crippen LogP contribution in [0.15, 0.2) is 30.5 Å². The lowest BCUT2D eigenvalue weighted by molar-refractivity contribution is 0.0950. The molecule has 3 rings (SSSR count). The highest BCUT2D eigenvalue weighted by atomic mass is 32.2. The molecular formula is C14H16N2O3S. The lowest BCUT2D eigenvalue weighted by atomic mass is 10.1. The van der Waals surface area contributed by atoms with Crippen LogP contribution in [-0.2, 0) is 9.84 Å². The van der Waals surface area contributed by atoms with Crippen molar-refractivity contribution in [3.8, 4) is 0 Å². The molecule has 1 atom stereocenters. The molecule has 0 aliphatic carbocycles. The third-order valence-corrected chi connectivity index (χ3v) is 5.55. The summed E-state index contributed by atoms with van der Waals surface area (Å²) in [5.74, 6) is 0.286. The second-order valence-corrected chi connectivity index (χ2v) is 7.46. The van der Waals surface area contributed by atoms with E-state index in [0.717, 1.165) is 10.9 Å². The van der Waals surface area contributed by atoms with Gasteiger partial charge in [-0.2, -0.15) is 0 Å². The van der Waals surface area contributed by atoms with Crippen molar-refractivity contribution >= 4 is 26.6 Å². The number of H-pyrrole nitrogens is 1. The van der Waals surface area contributed by atoms with Crippen molar-refractivity contribution in [2.45, 2.75) is 6.42 Å². The molecule has 1 aromatic carbocycles. The summed E-state index contributed by atoms with van der Waals surface area (Å²) >= 11 is 0. The van der Waals surface area contributed by atoms with Gasteiger partial charge in [0.05, 0.1) is 22.6 Å². The number of fused-ring (bicyclic) bond motifs is 1. The number of hydrogen-bond acceptors (Lipinski definition) is 3. The highest BCUT2D eigenvalue weighted by molar-refractivity contribution is 7.91. The molecule has 1 aliphatic rings. The second-order valence-electron chi connectivity index (χ2n) is 5.23. The summed E-state index contributed by atoms with van der Waals surface area (Å²) in [5, 5.41) is 3.82. The maximum absolute atomic E-state index is 12.2. The smallest absolute Gasteiger partial charge is 0.253 e. The summed E-state index contributed by atoms with van der Waals surface area (Å²) in [5.41, 5.74) is 1.40. The average molecular weight is 292 g/mol. The molecule has 1 aliphatic heterocycles. The molecule has 1 amide bonds. The number of aromatic nitrogens is 1. The zero-order valence-corrected chi connectivity index (χ0v) is 11.7. The quantitative estimate of drug-likeness (QED) is 0.896. The molecule has 0 spiro atoms. The average Bonchev–Trinajstić information content (AvgIpc) is 3.01. The fourth-order valence-corrected chi connectivity index (χ4v) is 4.50. The van der Waals surface area contributed by atoms with Crippen LogP contribution in [0.1, 0.15) is 16.8 Å². The van der Waals surface area contributed by atoms with E-state index in [2.05, 4.69) is 10.3 Å². The second kappa shape index (κ2) is 4.94. The van der Waals surface area contributed by atoms with E-state index in [0.29, 0.717) is 18.5 Å². The van der Waals surface area contributed by atoms with Crippen molar-refractivity contribution in [2.24, 2.45) is 5.92 Å². The van der Waals surface area contributed by atoms with Crippen molar-refractivity contribution in [1.82, 2.24) is 10.3 Å². The lowest BCUT2D eigenvalue weighted by Crippen LogP contribution is -2.30. The Labute approximate surface area is 117 Å². The Morgan fingerprint density at radius 1 is 1.35 bits per heavy atom. The Kier molecular flexibility index (Phi) is 3.25. The number of nitrogens with one attached hydrogen (secondary N) is 2. The molecule has 0 radical (unpaired) electrons. The maximum Gasteiger partial charge on any atom is 0.253 e. The Morgan fingerprint density at radius 2 is 2.20 bits per heavy atom. The molecular weight excluding hydrogens is 276 g/mol. The normalized spacial score (nSPS) is 21.1. The lowest BCUT2D eigenvalue weighted by Gasteiger charge is -2.10. The Balaban J connectivity index is 1.69. The summed E-state index contributed by atoms with van der Waals surface area (Å²) in [6, 6.07) is 7.45. The van der Waals surface area contributed by atoms with Gasteiger partial charge in [0.1, 0.15) is 0 Å². The molecule has 1 unspecified atom stereocenters. The van der Waals surface area contributed by atoms with Crippen molar-refractivity contribution in [3.63, 3.8) is 0 Å². The first kappa shape index (κ1) is 13.2. The number of rotatable bonds is 3. The number of para-hydroxylation sites is 1. The van der Waals surface area contributed by atoms with Crippen LogP contribution in [0.3, 0.4) is 0 Å². The molecule has 6 heteroatoms. The van der Waals surface area contributed by atoms with Crippen LogP contribution in [0, 0.1) is 5.92 Å². The molecule has 106 valence electrons. The van der Waals surface area contributed by atoms with Gasteiger partial charge in [0.2, 0.25) is 0 Å². The summed E-state index contributed by atoms with van der Waals surface area (Å²) in [7, 11) is -2.89. The minimum Gasteiger partial charge on any atom is -0.361 e. The number of sulfone groups is 1. The van der Waals surface area contributed by atoms with Gasteiger partial charge >= 0.3 is 0 Å². The first-order valence-corrected chi connectivity index (χ1v) is 8.42. The van der Waals surface area contributed by atoms with Gasteiger partial charge in [-0.15, -0.1) is 0 Å². The van der Waals surface area contributed by atoms with E-state index in [1.54, 1.807) is 12.3 Å². The predicted molar refractivity (Wildman–Crippen MR) is 77.4 cm³/mol. The molecule has 2 heterocycles. The zero-order valence-electron chi connectivity index (χ0n) is 10.9. The minimum absolute atomic E-state index is 0.0341. The van der Waals surface area contributed by atoms with Crippen LogP contribution in [0.25, 0.3) is 10.9 Å². The molecule has 5 nitrogen and oxygen atoms in total. The summed E-state index contributed by atoms with van der Waals surface area (Å²) < 4.78 is 22.8. The summed E-state index contributed by atoms with van der Waals surface area (Å²) in [4.78, 5) is 15.2. The van der Waals surface area contributed by atoms with E-state index in [4.69, 9.17) is 0 Å². The van der Waals surface area contributed by atoms with Crippen LogP contribution in [0.5, 0.6) is 0 Å². The van der Waals surface area contributed by atoms with Crippen molar-refractivity contribution in [2.75, 3.05) is 18.1 Å². The number of carbonyl (C=O) groups is 1. The number of amides is 1. The summed E-state index contributed by atoms with van der Waals surface area (Å²) in [6.45, 7) is 0.412. The van der Waals surface area contributed by atoms with Crippen LogP contribution in [0.4, 0.5) is 0 Å². The van der Waals surface area contributed by atoms with Crippen molar-refractivity contribution < 1.29 is 13.2 Å². The zero-order chi connectivity index (χ0) is 14.2. The molecule has 1 fully saturated rings. The molecule has 0 saturated carbocycles. The number of benzene rings is 1. The Hall–Kier alpha value is -1.82. The van der Waals surface area contributed by atoms with Crippen LogP contribution < -0.4 is 5.32 Å². The van der Waals surface area contributed by atoms with Gasteiger partial charge in [0.15, 0.2) is 9.84 Å². The van der Waals surface area contributed by atoms with E-state index in [1.807, 2.05) is 18.2 Å². The van der Waals surface area contributed by atoms with Gasteiger partial charge < -0.3 is 10.3 Å². The van der Waals surface area contributed by atoms with Crippen molar-refractivity contribution in [1.29, 1.82) is 0 Å². The van der Waals surface area contributed by atoms with Gasteiger partial charge in [0.25, 0.3) is 5.91 Å². The standard InChI is InChI=1S/C14H16N2O3S/c17-14(16-8-10-5-7-20(18,19)9-10)12-3-1-2-11-4-6-15-13(11)12/h1-4,6,10,15H,5,7-9H2,(H,16,17).